The summed E-state index contributed by atoms with van der Waals surface area (Å²) in [4.78, 5) is 25.1. The molecule has 0 spiro atoms. The summed E-state index contributed by atoms with van der Waals surface area (Å²) in [6, 6.07) is 5.57. The van der Waals surface area contributed by atoms with Gasteiger partial charge in [0.1, 0.15) is 17.6 Å². The summed E-state index contributed by atoms with van der Waals surface area (Å²) in [5, 5.41) is 1.61. The van der Waals surface area contributed by atoms with Gasteiger partial charge < -0.3 is 9.30 Å². The van der Waals surface area contributed by atoms with E-state index in [4.69, 9.17) is 4.74 Å². The smallest absolute Gasteiger partial charge is 0.340 e. The quantitative estimate of drug-likeness (QED) is 0.530. The Balaban J connectivity index is 2.07. The highest BCUT2D eigenvalue weighted by Crippen LogP contribution is 2.26. The minimum atomic E-state index is -0.403. The molecule has 23 heavy (non-hydrogen) atoms. The van der Waals surface area contributed by atoms with Gasteiger partial charge >= 0.3 is 5.97 Å². The van der Waals surface area contributed by atoms with Gasteiger partial charge in [0.25, 0.3) is 0 Å². The first-order chi connectivity index (χ1) is 11.2. The van der Waals surface area contributed by atoms with Crippen LogP contribution in [0, 0.1) is 0 Å². The number of hydrogen-bond donors (Lipinski definition) is 0. The molecule has 0 unspecified atom stereocenters. The topological polar surface area (TPSA) is 74.8 Å². The molecule has 7 heteroatoms. The molecular formula is C16H13N5O2. The van der Waals surface area contributed by atoms with Gasteiger partial charge in [-0.05, 0) is 18.2 Å². The van der Waals surface area contributed by atoms with Crippen LogP contribution < -0.4 is 0 Å². The molecule has 4 aromatic heterocycles. The second kappa shape index (κ2) is 4.91. The van der Waals surface area contributed by atoms with Crippen molar-refractivity contribution >= 4 is 28.0 Å². The minimum absolute atomic E-state index is 0.403. The fourth-order valence-electron chi connectivity index (χ4n) is 2.75. The number of fused-ring (bicyclic) bond motifs is 2. The van der Waals surface area contributed by atoms with Crippen molar-refractivity contribution in [2.24, 2.45) is 7.05 Å². The lowest BCUT2D eigenvalue weighted by molar-refractivity contribution is 0.0603. The Morgan fingerprint density at radius 2 is 2.00 bits per heavy atom. The van der Waals surface area contributed by atoms with Gasteiger partial charge in [0, 0.05) is 31.0 Å². The average Bonchev–Trinajstić information content (AvgIpc) is 3.16. The molecule has 4 rings (SSSR count). The zero-order chi connectivity index (χ0) is 16.0. The predicted octanol–water partition coefficient (Wildman–Crippen LogP) is 2.09. The van der Waals surface area contributed by atoms with E-state index in [-0.39, 0.29) is 0 Å². The van der Waals surface area contributed by atoms with E-state index >= 15 is 0 Å². The summed E-state index contributed by atoms with van der Waals surface area (Å²) in [7, 11) is 3.28. The largest absolute Gasteiger partial charge is 0.465 e. The van der Waals surface area contributed by atoms with Gasteiger partial charge in [0.2, 0.25) is 0 Å². The van der Waals surface area contributed by atoms with E-state index in [0.717, 1.165) is 16.4 Å². The van der Waals surface area contributed by atoms with Crippen molar-refractivity contribution in [1.82, 2.24) is 24.1 Å². The molecule has 0 N–H and O–H groups in total. The number of aromatic nitrogens is 5. The molecule has 0 amide bonds. The van der Waals surface area contributed by atoms with Crippen molar-refractivity contribution in [2.75, 3.05) is 7.11 Å². The highest BCUT2D eigenvalue weighted by Gasteiger charge is 2.19. The maximum atomic E-state index is 12.0. The molecule has 0 bridgehead atoms. The third-order valence-electron chi connectivity index (χ3n) is 3.84. The van der Waals surface area contributed by atoms with Crippen LogP contribution in [0.15, 0.2) is 43.1 Å². The number of esters is 1. The molecule has 0 aromatic carbocycles. The van der Waals surface area contributed by atoms with Gasteiger partial charge in [-0.2, -0.15) is 0 Å². The lowest BCUT2D eigenvalue weighted by Crippen LogP contribution is -2.01. The van der Waals surface area contributed by atoms with E-state index in [1.165, 1.54) is 13.4 Å². The van der Waals surface area contributed by atoms with Crippen LogP contribution in [0.2, 0.25) is 0 Å². The number of hydrogen-bond acceptors (Lipinski definition) is 5. The van der Waals surface area contributed by atoms with Crippen LogP contribution in [0.3, 0.4) is 0 Å². The Labute approximate surface area is 131 Å². The lowest BCUT2D eigenvalue weighted by atomic mass is 10.2. The Hall–Kier alpha value is -3.22. The molecule has 0 saturated heterocycles. The van der Waals surface area contributed by atoms with E-state index in [2.05, 4.69) is 15.0 Å². The van der Waals surface area contributed by atoms with Gasteiger partial charge in [0.15, 0.2) is 5.82 Å². The van der Waals surface area contributed by atoms with Crippen LogP contribution >= 0.6 is 0 Å². The molecule has 0 aliphatic heterocycles. The third kappa shape index (κ3) is 1.90. The van der Waals surface area contributed by atoms with E-state index in [9.17, 15) is 4.79 Å². The van der Waals surface area contributed by atoms with Crippen LogP contribution in [0.25, 0.3) is 27.9 Å². The Morgan fingerprint density at radius 3 is 2.83 bits per heavy atom. The summed E-state index contributed by atoms with van der Waals surface area (Å²) >= 11 is 0. The summed E-state index contributed by atoms with van der Waals surface area (Å²) in [6.07, 6.45) is 6.81. The van der Waals surface area contributed by atoms with Crippen molar-refractivity contribution in [1.29, 1.82) is 0 Å². The van der Waals surface area contributed by atoms with Gasteiger partial charge in [-0.3, -0.25) is 4.57 Å². The van der Waals surface area contributed by atoms with Crippen LogP contribution in [0.4, 0.5) is 0 Å². The molecule has 7 nitrogen and oxygen atoms in total. The average molecular weight is 307 g/mol. The number of carbonyl (C=O) groups is 1. The number of nitrogens with zero attached hydrogens (tertiary/aromatic N) is 5. The van der Waals surface area contributed by atoms with E-state index in [0.29, 0.717) is 17.0 Å². The molecule has 0 saturated carbocycles. The monoisotopic (exact) mass is 307 g/mol. The van der Waals surface area contributed by atoms with Crippen LogP contribution in [0.1, 0.15) is 10.4 Å². The summed E-state index contributed by atoms with van der Waals surface area (Å²) in [6.45, 7) is 0. The SMILES string of the molecule is COC(=O)c1cn(-c2ncnc3c2ccn3C)c2ncccc12. The highest BCUT2D eigenvalue weighted by molar-refractivity contribution is 6.04. The first-order valence-corrected chi connectivity index (χ1v) is 7.01. The fourth-order valence-corrected chi connectivity index (χ4v) is 2.75. The third-order valence-corrected chi connectivity index (χ3v) is 3.84. The normalized spacial score (nSPS) is 11.2. The predicted molar refractivity (Wildman–Crippen MR) is 84.5 cm³/mol. The van der Waals surface area contributed by atoms with Gasteiger partial charge in [-0.25, -0.2) is 19.7 Å². The van der Waals surface area contributed by atoms with Gasteiger partial charge in [0.05, 0.1) is 18.1 Å². The number of ether oxygens (including phenoxy) is 1. The maximum Gasteiger partial charge on any atom is 0.340 e. The molecular weight excluding hydrogens is 294 g/mol. The Kier molecular flexibility index (Phi) is 2.87. The second-order valence-corrected chi connectivity index (χ2v) is 5.14. The second-order valence-electron chi connectivity index (χ2n) is 5.14. The molecule has 0 radical (unpaired) electrons. The van der Waals surface area contributed by atoms with Crippen molar-refractivity contribution < 1.29 is 9.53 Å². The van der Waals surface area contributed by atoms with Crippen LogP contribution in [0.5, 0.6) is 0 Å². The molecule has 0 atom stereocenters. The van der Waals surface area contributed by atoms with Crippen molar-refractivity contribution in [3.05, 3.63) is 48.7 Å². The molecule has 0 fully saturated rings. The summed E-state index contributed by atoms with van der Waals surface area (Å²) in [5.74, 6) is 0.273. The number of methoxy groups -OCH3 is 1. The first-order valence-electron chi connectivity index (χ1n) is 7.01. The minimum Gasteiger partial charge on any atom is -0.465 e. The summed E-state index contributed by atoms with van der Waals surface area (Å²) in [5.41, 5.74) is 1.92. The van der Waals surface area contributed by atoms with Crippen molar-refractivity contribution in [3.63, 3.8) is 0 Å². The number of carbonyl (C=O) groups excluding carboxylic acids is 1. The molecule has 0 aliphatic carbocycles. The maximum absolute atomic E-state index is 12.0. The van der Waals surface area contributed by atoms with Crippen molar-refractivity contribution in [3.8, 4) is 5.82 Å². The molecule has 4 aromatic rings. The number of aryl methyl sites for hydroxylation is 1. The van der Waals surface area contributed by atoms with Gasteiger partial charge in [-0.1, -0.05) is 0 Å². The number of rotatable bonds is 2. The van der Waals surface area contributed by atoms with Gasteiger partial charge in [-0.15, -0.1) is 0 Å². The lowest BCUT2D eigenvalue weighted by Gasteiger charge is -2.05. The Morgan fingerprint density at radius 1 is 1.13 bits per heavy atom. The number of pyridine rings is 1. The zero-order valence-corrected chi connectivity index (χ0v) is 12.6. The van der Waals surface area contributed by atoms with Crippen LogP contribution in [-0.2, 0) is 11.8 Å². The molecule has 4 heterocycles. The van der Waals surface area contributed by atoms with Crippen molar-refractivity contribution in [2.45, 2.75) is 0 Å². The van der Waals surface area contributed by atoms with E-state index in [1.54, 1.807) is 23.0 Å². The Bertz CT molecular complexity index is 1050. The molecule has 114 valence electrons. The fraction of sp³-hybridized carbons (Fsp3) is 0.125. The highest BCUT2D eigenvalue weighted by atomic mass is 16.5. The molecule has 0 aliphatic rings. The first kappa shape index (κ1) is 13.4. The standard InChI is InChI=1S/C16H13N5O2/c1-20-7-5-11-13(20)18-9-19-15(11)21-8-12(16(22)23-2)10-4-3-6-17-14(10)21/h3-9H,1-2H3. The van der Waals surface area contributed by atoms with E-state index < -0.39 is 5.97 Å². The summed E-state index contributed by atoms with van der Waals surface area (Å²) < 4.78 is 8.58. The zero-order valence-electron chi connectivity index (χ0n) is 12.6. The van der Waals surface area contributed by atoms with Crippen LogP contribution in [-0.4, -0.2) is 37.2 Å². The van der Waals surface area contributed by atoms with E-state index in [1.807, 2.05) is 29.9 Å².